The summed E-state index contributed by atoms with van der Waals surface area (Å²) in [5.74, 6) is 0.796. The second-order valence-corrected chi connectivity index (χ2v) is 6.42. The molecule has 0 aromatic rings. The van der Waals surface area contributed by atoms with Gasteiger partial charge >= 0.3 is 0 Å². The van der Waals surface area contributed by atoms with Crippen molar-refractivity contribution in [2.75, 3.05) is 13.7 Å². The van der Waals surface area contributed by atoms with E-state index in [-0.39, 0.29) is 5.60 Å². The second-order valence-electron chi connectivity index (χ2n) is 6.42. The van der Waals surface area contributed by atoms with Crippen molar-refractivity contribution in [3.8, 4) is 0 Å². The predicted octanol–water partition coefficient (Wildman–Crippen LogP) is 4.53. The molecule has 0 bridgehead atoms. The first-order valence-corrected chi connectivity index (χ1v) is 8.47. The van der Waals surface area contributed by atoms with Crippen molar-refractivity contribution in [3.05, 3.63) is 0 Å². The van der Waals surface area contributed by atoms with Gasteiger partial charge in [0.1, 0.15) is 0 Å². The Kier molecular flexibility index (Phi) is 8.01. The molecule has 114 valence electrons. The quantitative estimate of drug-likeness (QED) is 0.654. The highest BCUT2D eigenvalue weighted by molar-refractivity contribution is 4.95. The van der Waals surface area contributed by atoms with E-state index < -0.39 is 0 Å². The molecule has 0 radical (unpaired) electrons. The number of hydrogen-bond acceptors (Lipinski definition) is 2. The molecule has 2 unspecified atom stereocenters. The molecule has 2 nitrogen and oxygen atoms in total. The SMILES string of the molecule is CCCC(C)CC(NCC)C1(OC)CCCCCC1. The molecule has 19 heavy (non-hydrogen) atoms. The molecule has 1 aliphatic carbocycles. The van der Waals surface area contributed by atoms with Crippen LogP contribution in [0.15, 0.2) is 0 Å². The minimum absolute atomic E-state index is 0.0918. The average molecular weight is 269 g/mol. The molecule has 2 heteroatoms. The van der Waals surface area contributed by atoms with Gasteiger partial charge in [0, 0.05) is 13.2 Å². The normalized spacial score (nSPS) is 22.7. The van der Waals surface area contributed by atoms with Crippen LogP contribution in [0.1, 0.15) is 78.6 Å². The highest BCUT2D eigenvalue weighted by Gasteiger charge is 2.39. The minimum Gasteiger partial charge on any atom is -0.377 e. The zero-order valence-electron chi connectivity index (χ0n) is 13.6. The molecule has 0 spiro atoms. The third-order valence-corrected chi connectivity index (χ3v) is 4.86. The first-order valence-electron chi connectivity index (χ1n) is 8.47. The molecule has 0 aromatic carbocycles. The standard InChI is InChI=1S/C17H35NO/c1-5-11-15(3)14-16(18-6-2)17(19-4)12-9-7-8-10-13-17/h15-16,18H,5-14H2,1-4H3. The van der Waals surface area contributed by atoms with E-state index in [9.17, 15) is 0 Å². The van der Waals surface area contributed by atoms with Gasteiger partial charge < -0.3 is 10.1 Å². The third kappa shape index (κ3) is 5.07. The van der Waals surface area contributed by atoms with Crippen LogP contribution in [-0.4, -0.2) is 25.3 Å². The lowest BCUT2D eigenvalue weighted by atomic mass is 9.80. The monoisotopic (exact) mass is 269 g/mol. The largest absolute Gasteiger partial charge is 0.377 e. The molecule has 2 atom stereocenters. The van der Waals surface area contributed by atoms with Gasteiger partial charge in [0.25, 0.3) is 0 Å². The van der Waals surface area contributed by atoms with Crippen molar-refractivity contribution < 1.29 is 4.74 Å². The van der Waals surface area contributed by atoms with Crippen LogP contribution in [0.25, 0.3) is 0 Å². The van der Waals surface area contributed by atoms with Crippen molar-refractivity contribution in [1.29, 1.82) is 0 Å². The van der Waals surface area contributed by atoms with Gasteiger partial charge in [-0.05, 0) is 31.7 Å². The molecule has 1 fully saturated rings. The van der Waals surface area contributed by atoms with Gasteiger partial charge in [-0.2, -0.15) is 0 Å². The predicted molar refractivity (Wildman–Crippen MR) is 83.6 cm³/mol. The number of likely N-dealkylation sites (N-methyl/N-ethyl adjacent to an activating group) is 1. The van der Waals surface area contributed by atoms with Gasteiger partial charge in [0.05, 0.1) is 5.60 Å². The van der Waals surface area contributed by atoms with Crippen molar-refractivity contribution in [2.45, 2.75) is 90.2 Å². The van der Waals surface area contributed by atoms with Crippen molar-refractivity contribution >= 4 is 0 Å². The fourth-order valence-corrected chi connectivity index (χ4v) is 3.77. The van der Waals surface area contributed by atoms with Gasteiger partial charge in [-0.1, -0.05) is 59.3 Å². The highest BCUT2D eigenvalue weighted by atomic mass is 16.5. The van der Waals surface area contributed by atoms with Crippen molar-refractivity contribution in [3.63, 3.8) is 0 Å². The van der Waals surface area contributed by atoms with Gasteiger partial charge in [-0.3, -0.25) is 0 Å². The van der Waals surface area contributed by atoms with Crippen LogP contribution >= 0.6 is 0 Å². The number of rotatable bonds is 8. The summed E-state index contributed by atoms with van der Waals surface area (Å²) in [4.78, 5) is 0. The summed E-state index contributed by atoms with van der Waals surface area (Å²) in [5.41, 5.74) is 0.0918. The molecule has 1 N–H and O–H groups in total. The molecule has 0 amide bonds. The number of nitrogens with one attached hydrogen (secondary N) is 1. The smallest absolute Gasteiger partial charge is 0.0831 e. The van der Waals surface area contributed by atoms with E-state index in [1.165, 1.54) is 57.8 Å². The van der Waals surface area contributed by atoms with E-state index in [2.05, 4.69) is 26.1 Å². The lowest BCUT2D eigenvalue weighted by Crippen LogP contribution is -2.52. The van der Waals surface area contributed by atoms with E-state index in [0.29, 0.717) is 6.04 Å². The van der Waals surface area contributed by atoms with E-state index in [0.717, 1.165) is 12.5 Å². The summed E-state index contributed by atoms with van der Waals surface area (Å²) in [6.45, 7) is 7.95. The molecule has 0 aromatic heterocycles. The van der Waals surface area contributed by atoms with E-state index >= 15 is 0 Å². The zero-order chi connectivity index (χ0) is 14.1. The Morgan fingerprint density at radius 3 is 2.21 bits per heavy atom. The Bertz CT molecular complexity index is 221. The molecular weight excluding hydrogens is 234 g/mol. The minimum atomic E-state index is 0.0918. The summed E-state index contributed by atoms with van der Waals surface area (Å²) in [6, 6.07) is 0.530. The summed E-state index contributed by atoms with van der Waals surface area (Å²) < 4.78 is 6.09. The first-order chi connectivity index (χ1) is 9.18. The maximum Gasteiger partial charge on any atom is 0.0831 e. The highest BCUT2D eigenvalue weighted by Crippen LogP contribution is 2.35. The topological polar surface area (TPSA) is 21.3 Å². The fourth-order valence-electron chi connectivity index (χ4n) is 3.77. The Hall–Kier alpha value is -0.0800. The van der Waals surface area contributed by atoms with Crippen LogP contribution in [-0.2, 0) is 4.74 Å². The van der Waals surface area contributed by atoms with Crippen LogP contribution in [0.2, 0.25) is 0 Å². The van der Waals surface area contributed by atoms with Gasteiger partial charge in [-0.25, -0.2) is 0 Å². The molecule has 0 saturated heterocycles. The summed E-state index contributed by atoms with van der Waals surface area (Å²) >= 11 is 0. The van der Waals surface area contributed by atoms with Crippen LogP contribution in [0, 0.1) is 5.92 Å². The van der Waals surface area contributed by atoms with Gasteiger partial charge in [0.2, 0.25) is 0 Å². The molecule has 0 aliphatic heterocycles. The number of ether oxygens (including phenoxy) is 1. The maximum absolute atomic E-state index is 6.09. The van der Waals surface area contributed by atoms with Crippen LogP contribution in [0.4, 0.5) is 0 Å². The molecule has 0 heterocycles. The fraction of sp³-hybridized carbons (Fsp3) is 1.00. The Morgan fingerprint density at radius 1 is 1.11 bits per heavy atom. The Labute approximate surface area is 120 Å². The van der Waals surface area contributed by atoms with Crippen molar-refractivity contribution in [1.82, 2.24) is 5.32 Å². The lowest BCUT2D eigenvalue weighted by Gasteiger charge is -2.41. The number of hydrogen-bond donors (Lipinski definition) is 1. The lowest BCUT2D eigenvalue weighted by molar-refractivity contribution is -0.0577. The third-order valence-electron chi connectivity index (χ3n) is 4.86. The summed E-state index contributed by atoms with van der Waals surface area (Å²) in [7, 11) is 1.93. The van der Waals surface area contributed by atoms with Crippen LogP contribution in [0.5, 0.6) is 0 Å². The summed E-state index contributed by atoms with van der Waals surface area (Å²) in [5, 5.41) is 3.74. The molecule has 1 saturated carbocycles. The second kappa shape index (κ2) is 8.97. The van der Waals surface area contributed by atoms with Crippen LogP contribution < -0.4 is 5.32 Å². The maximum atomic E-state index is 6.09. The van der Waals surface area contributed by atoms with Gasteiger partial charge in [0.15, 0.2) is 0 Å². The number of methoxy groups -OCH3 is 1. The summed E-state index contributed by atoms with van der Waals surface area (Å²) in [6.07, 6.45) is 11.8. The average Bonchev–Trinajstić information content (AvgIpc) is 2.65. The van der Waals surface area contributed by atoms with E-state index in [1.807, 2.05) is 7.11 Å². The zero-order valence-corrected chi connectivity index (χ0v) is 13.6. The molecular formula is C17H35NO. The molecule has 1 rings (SSSR count). The first kappa shape index (κ1) is 17.0. The van der Waals surface area contributed by atoms with Gasteiger partial charge in [-0.15, -0.1) is 0 Å². The van der Waals surface area contributed by atoms with Crippen LogP contribution in [0.3, 0.4) is 0 Å². The Balaban J connectivity index is 2.73. The van der Waals surface area contributed by atoms with E-state index in [4.69, 9.17) is 4.74 Å². The van der Waals surface area contributed by atoms with Crippen molar-refractivity contribution in [2.24, 2.45) is 5.92 Å². The molecule has 1 aliphatic rings. The Morgan fingerprint density at radius 2 is 1.74 bits per heavy atom. The van der Waals surface area contributed by atoms with E-state index in [1.54, 1.807) is 0 Å².